The molecule has 5 nitrogen and oxygen atoms in total. The number of carbonyl (C=O) groups is 1. The first kappa shape index (κ1) is 17.5. The standard InChI is InChI=1S/C22H24N2O3/c1-24(21(25)14-27-20-10-6-5-9-19(20)26-2)15-22(11-12-22)17-13-23-18-8-4-3-7-16(17)18/h3-10,13,23H,11-12,14-15H2,1-2H3. The predicted molar refractivity (Wildman–Crippen MR) is 105 cm³/mol. The molecule has 140 valence electrons. The molecule has 27 heavy (non-hydrogen) atoms. The van der Waals surface area contributed by atoms with E-state index in [4.69, 9.17) is 9.47 Å². The quantitative estimate of drug-likeness (QED) is 0.695. The second-order valence-corrected chi connectivity index (χ2v) is 7.22. The van der Waals surface area contributed by atoms with E-state index in [0.29, 0.717) is 18.0 Å². The lowest BCUT2D eigenvalue weighted by atomic mass is 9.95. The van der Waals surface area contributed by atoms with Gasteiger partial charge in [-0.3, -0.25) is 4.79 Å². The molecule has 3 aromatic rings. The van der Waals surface area contributed by atoms with Crippen LogP contribution in [0.4, 0.5) is 0 Å². The van der Waals surface area contributed by atoms with Crippen LogP contribution in [0.2, 0.25) is 0 Å². The van der Waals surface area contributed by atoms with Crippen molar-refractivity contribution in [2.45, 2.75) is 18.3 Å². The summed E-state index contributed by atoms with van der Waals surface area (Å²) in [4.78, 5) is 17.7. The molecule has 0 spiro atoms. The van der Waals surface area contributed by atoms with E-state index in [1.165, 1.54) is 10.9 Å². The lowest BCUT2D eigenvalue weighted by Crippen LogP contribution is -2.37. The number of H-pyrrole nitrogens is 1. The van der Waals surface area contributed by atoms with Crippen LogP contribution in [0.15, 0.2) is 54.7 Å². The highest BCUT2D eigenvalue weighted by Gasteiger charge is 2.47. The van der Waals surface area contributed by atoms with Gasteiger partial charge in [0.05, 0.1) is 7.11 Å². The van der Waals surface area contributed by atoms with Crippen LogP contribution in [0.3, 0.4) is 0 Å². The predicted octanol–water partition coefficient (Wildman–Crippen LogP) is 3.75. The minimum Gasteiger partial charge on any atom is -0.493 e. The van der Waals surface area contributed by atoms with Crippen LogP contribution in [0.25, 0.3) is 10.9 Å². The molecule has 4 rings (SSSR count). The van der Waals surface area contributed by atoms with Crippen LogP contribution in [0.5, 0.6) is 11.5 Å². The van der Waals surface area contributed by atoms with Gasteiger partial charge in [0.2, 0.25) is 0 Å². The molecule has 1 heterocycles. The summed E-state index contributed by atoms with van der Waals surface area (Å²) >= 11 is 0. The minimum atomic E-state index is -0.0352. The average Bonchev–Trinajstić information content (AvgIpc) is 3.34. The van der Waals surface area contributed by atoms with E-state index < -0.39 is 0 Å². The van der Waals surface area contributed by atoms with Crippen LogP contribution in [0, 0.1) is 0 Å². The number of fused-ring (bicyclic) bond motifs is 1. The van der Waals surface area contributed by atoms with Gasteiger partial charge in [0.25, 0.3) is 5.91 Å². The Hall–Kier alpha value is -2.95. The molecule has 1 fully saturated rings. The molecule has 5 heteroatoms. The summed E-state index contributed by atoms with van der Waals surface area (Å²) in [5.74, 6) is 1.18. The van der Waals surface area contributed by atoms with Gasteiger partial charge in [-0.25, -0.2) is 0 Å². The zero-order valence-electron chi connectivity index (χ0n) is 15.7. The SMILES string of the molecule is COc1ccccc1OCC(=O)N(C)CC1(c2c[nH]c3ccccc23)CC1. The summed E-state index contributed by atoms with van der Waals surface area (Å²) in [6, 6.07) is 15.7. The Labute approximate surface area is 158 Å². The number of rotatable bonds is 7. The number of ether oxygens (including phenoxy) is 2. The Morgan fingerprint density at radius 3 is 2.56 bits per heavy atom. The summed E-state index contributed by atoms with van der Waals surface area (Å²) in [5.41, 5.74) is 2.50. The maximum Gasteiger partial charge on any atom is 0.260 e. The van der Waals surface area contributed by atoms with Gasteiger partial charge in [-0.1, -0.05) is 30.3 Å². The molecule has 0 bridgehead atoms. The van der Waals surface area contributed by atoms with Gasteiger partial charge in [0, 0.05) is 36.1 Å². The van der Waals surface area contributed by atoms with Crippen LogP contribution in [0.1, 0.15) is 18.4 Å². The topological polar surface area (TPSA) is 54.6 Å². The molecule has 1 aliphatic carbocycles. The molecule has 1 saturated carbocycles. The molecule has 2 aromatic carbocycles. The number of aromatic nitrogens is 1. The highest BCUT2D eigenvalue weighted by molar-refractivity contribution is 5.85. The number of nitrogens with zero attached hydrogens (tertiary/aromatic N) is 1. The zero-order chi connectivity index (χ0) is 18.9. The Balaban J connectivity index is 1.42. The Morgan fingerprint density at radius 2 is 1.81 bits per heavy atom. The number of amides is 1. The van der Waals surface area contributed by atoms with Crippen molar-refractivity contribution in [3.63, 3.8) is 0 Å². The Bertz CT molecular complexity index is 959. The van der Waals surface area contributed by atoms with Crippen LogP contribution in [-0.4, -0.2) is 43.1 Å². The molecular weight excluding hydrogens is 340 g/mol. The normalized spacial score (nSPS) is 14.7. The van der Waals surface area contributed by atoms with E-state index in [-0.39, 0.29) is 17.9 Å². The fraction of sp³-hybridized carbons (Fsp3) is 0.318. The summed E-state index contributed by atoms with van der Waals surface area (Å²) in [6.45, 7) is 0.698. The first-order valence-corrected chi connectivity index (χ1v) is 9.19. The number of hydrogen-bond donors (Lipinski definition) is 1. The van der Waals surface area contributed by atoms with Crippen LogP contribution in [-0.2, 0) is 10.2 Å². The number of likely N-dealkylation sites (N-methyl/N-ethyl adjacent to an activating group) is 1. The first-order chi connectivity index (χ1) is 13.1. The van der Waals surface area contributed by atoms with Crippen molar-refractivity contribution in [2.75, 3.05) is 27.3 Å². The third kappa shape index (κ3) is 3.37. The number of methoxy groups -OCH3 is 1. The molecule has 1 amide bonds. The fourth-order valence-corrected chi connectivity index (χ4v) is 3.70. The number of benzene rings is 2. The van der Waals surface area contributed by atoms with Gasteiger partial charge in [-0.2, -0.15) is 0 Å². The zero-order valence-corrected chi connectivity index (χ0v) is 15.7. The lowest BCUT2D eigenvalue weighted by Gasteiger charge is -2.24. The minimum absolute atomic E-state index is 0.000831. The second kappa shape index (κ2) is 6.99. The number of aromatic amines is 1. The van der Waals surface area contributed by atoms with E-state index in [2.05, 4.69) is 29.4 Å². The van der Waals surface area contributed by atoms with Gasteiger partial charge in [0.15, 0.2) is 18.1 Å². The third-order valence-corrected chi connectivity index (χ3v) is 5.40. The summed E-state index contributed by atoms with van der Waals surface area (Å²) in [5, 5.41) is 1.25. The fourth-order valence-electron chi connectivity index (χ4n) is 3.70. The molecule has 0 radical (unpaired) electrons. The molecule has 0 atom stereocenters. The third-order valence-electron chi connectivity index (χ3n) is 5.40. The first-order valence-electron chi connectivity index (χ1n) is 9.19. The highest BCUT2D eigenvalue weighted by Crippen LogP contribution is 2.50. The molecule has 1 N–H and O–H groups in total. The molecular formula is C22H24N2O3. The van der Waals surface area contributed by atoms with E-state index in [0.717, 1.165) is 18.4 Å². The summed E-state index contributed by atoms with van der Waals surface area (Å²) in [7, 11) is 3.44. The largest absolute Gasteiger partial charge is 0.493 e. The van der Waals surface area contributed by atoms with Gasteiger partial charge < -0.3 is 19.4 Å². The Morgan fingerprint density at radius 1 is 1.11 bits per heavy atom. The molecule has 1 aliphatic rings. The van der Waals surface area contributed by atoms with Crippen molar-refractivity contribution < 1.29 is 14.3 Å². The lowest BCUT2D eigenvalue weighted by molar-refractivity contribution is -0.132. The number of carbonyl (C=O) groups excluding carboxylic acids is 1. The highest BCUT2D eigenvalue weighted by atomic mass is 16.5. The Kier molecular flexibility index (Phi) is 4.52. The number of nitrogens with one attached hydrogen (secondary N) is 1. The van der Waals surface area contributed by atoms with Crippen molar-refractivity contribution in [1.82, 2.24) is 9.88 Å². The van der Waals surface area contributed by atoms with Gasteiger partial charge >= 0.3 is 0 Å². The molecule has 0 aliphatic heterocycles. The van der Waals surface area contributed by atoms with Crippen LogP contribution >= 0.6 is 0 Å². The van der Waals surface area contributed by atoms with Gasteiger partial charge in [-0.05, 0) is 36.6 Å². The maximum absolute atomic E-state index is 12.6. The summed E-state index contributed by atoms with van der Waals surface area (Å²) in [6.07, 6.45) is 4.29. The van der Waals surface area contributed by atoms with Crippen molar-refractivity contribution >= 4 is 16.8 Å². The van der Waals surface area contributed by atoms with Crippen LogP contribution < -0.4 is 9.47 Å². The molecule has 0 unspecified atom stereocenters. The number of hydrogen-bond acceptors (Lipinski definition) is 3. The van der Waals surface area contributed by atoms with Gasteiger partial charge in [0.1, 0.15) is 0 Å². The average molecular weight is 364 g/mol. The second-order valence-electron chi connectivity index (χ2n) is 7.22. The van der Waals surface area contributed by atoms with E-state index in [9.17, 15) is 4.79 Å². The van der Waals surface area contributed by atoms with Crippen molar-refractivity contribution in [1.29, 1.82) is 0 Å². The van der Waals surface area contributed by atoms with Crippen molar-refractivity contribution in [3.05, 3.63) is 60.3 Å². The maximum atomic E-state index is 12.6. The van der Waals surface area contributed by atoms with E-state index in [1.54, 1.807) is 18.1 Å². The monoisotopic (exact) mass is 364 g/mol. The summed E-state index contributed by atoms with van der Waals surface area (Å²) < 4.78 is 10.9. The van der Waals surface area contributed by atoms with E-state index in [1.807, 2.05) is 31.3 Å². The van der Waals surface area contributed by atoms with Crippen molar-refractivity contribution in [2.24, 2.45) is 0 Å². The van der Waals surface area contributed by atoms with Crippen molar-refractivity contribution in [3.8, 4) is 11.5 Å². The van der Waals surface area contributed by atoms with Gasteiger partial charge in [-0.15, -0.1) is 0 Å². The molecule has 1 aromatic heterocycles. The number of para-hydroxylation sites is 3. The van der Waals surface area contributed by atoms with E-state index >= 15 is 0 Å². The smallest absolute Gasteiger partial charge is 0.260 e. The molecule has 0 saturated heterocycles.